The number of ether oxygens (including phenoxy) is 2. The molecule has 2 saturated heterocycles. The predicted octanol–water partition coefficient (Wildman–Crippen LogP) is 2.40. The molecule has 3 aliphatic rings. The number of aromatic nitrogens is 2. The number of anilines is 5. The van der Waals surface area contributed by atoms with E-state index in [-0.39, 0.29) is 5.56 Å². The maximum atomic E-state index is 13.3. The number of H-pyrrole nitrogens is 1. The number of rotatable bonds is 5. The third-order valence-electron chi connectivity index (χ3n) is 7.33. The van der Waals surface area contributed by atoms with Crippen molar-refractivity contribution in [3.8, 4) is 5.88 Å². The topological polar surface area (TPSA) is 124 Å². The zero-order valence-corrected chi connectivity index (χ0v) is 21.3. The molecule has 0 radical (unpaired) electrons. The third-order valence-corrected chi connectivity index (χ3v) is 7.33. The van der Waals surface area contributed by atoms with E-state index in [2.05, 4.69) is 35.7 Å². The van der Waals surface area contributed by atoms with Gasteiger partial charge in [0.15, 0.2) is 0 Å². The summed E-state index contributed by atoms with van der Waals surface area (Å²) in [5, 5.41) is 9.38. The Hall–Kier alpha value is -4.09. The lowest BCUT2D eigenvalue weighted by atomic mass is 10.1. The minimum absolute atomic E-state index is 0.00803. The highest BCUT2D eigenvalue weighted by Gasteiger charge is 2.29. The number of nitrogens with zero attached hydrogens (tertiary/aromatic N) is 3. The van der Waals surface area contributed by atoms with E-state index in [1.807, 2.05) is 31.2 Å². The first-order valence-corrected chi connectivity index (χ1v) is 12.9. The lowest BCUT2D eigenvalue weighted by molar-refractivity contribution is -0.0116. The number of fused-ring (bicyclic) bond motifs is 2. The Bertz CT molecular complexity index is 1390. The molecule has 2 fully saturated rings. The number of amides is 1. The first-order valence-electron chi connectivity index (χ1n) is 12.9. The third kappa shape index (κ3) is 4.77. The van der Waals surface area contributed by atoms with E-state index < -0.39 is 11.5 Å². The van der Waals surface area contributed by atoms with E-state index in [1.165, 1.54) is 6.20 Å². The monoisotopic (exact) mass is 517 g/mol. The molecule has 0 bridgehead atoms. The molecule has 11 heteroatoms. The summed E-state index contributed by atoms with van der Waals surface area (Å²) >= 11 is 0. The molecule has 5 heterocycles. The number of nitrogens with one attached hydrogen (secondary N) is 4. The van der Waals surface area contributed by atoms with Gasteiger partial charge in [0.1, 0.15) is 17.9 Å². The summed E-state index contributed by atoms with van der Waals surface area (Å²) in [6.07, 6.45) is 3.15. The van der Waals surface area contributed by atoms with Crippen LogP contribution in [0.2, 0.25) is 0 Å². The molecule has 4 N–H and O–H groups in total. The summed E-state index contributed by atoms with van der Waals surface area (Å²) in [4.78, 5) is 37.8. The van der Waals surface area contributed by atoms with Gasteiger partial charge < -0.3 is 35.3 Å². The second kappa shape index (κ2) is 10.3. The molecule has 1 atom stereocenters. The Balaban J connectivity index is 1.17. The average Bonchev–Trinajstić information content (AvgIpc) is 2.95. The normalized spacial score (nSPS) is 19.0. The number of hydrogen-bond acceptors (Lipinski definition) is 9. The molecule has 38 heavy (non-hydrogen) atoms. The largest absolute Gasteiger partial charge is 0.474 e. The molecule has 0 saturated carbocycles. The van der Waals surface area contributed by atoms with Crippen LogP contribution in [0.25, 0.3) is 0 Å². The Labute approximate surface area is 220 Å². The van der Waals surface area contributed by atoms with Crippen LogP contribution in [-0.4, -0.2) is 79.4 Å². The van der Waals surface area contributed by atoms with Gasteiger partial charge in [-0.25, -0.2) is 4.98 Å². The number of benzene rings is 1. The van der Waals surface area contributed by atoms with Crippen molar-refractivity contribution in [1.29, 1.82) is 0 Å². The van der Waals surface area contributed by atoms with Crippen LogP contribution >= 0.6 is 0 Å². The van der Waals surface area contributed by atoms with Gasteiger partial charge in [-0.05, 0) is 37.3 Å². The van der Waals surface area contributed by atoms with Crippen LogP contribution in [0.15, 0.2) is 47.5 Å². The van der Waals surface area contributed by atoms with Gasteiger partial charge in [0.05, 0.1) is 36.8 Å². The number of carbonyl (C=O) groups is 1. The summed E-state index contributed by atoms with van der Waals surface area (Å²) in [5.74, 6) is 0.0423. The Morgan fingerprint density at radius 1 is 1.11 bits per heavy atom. The standard InChI is InChI=1S/C27H31N7O4/c1-17-22(14-30-27-24(17)28-8-12-38-27)32-21-6-7-29-25(35)23(21)26(36)31-18-2-4-19(5-3-18)34-10-9-33-11-13-37-16-20(33)15-34/h2-7,14,20,28H,8-13,15-16H2,1H3,(H,31,36)(H2,29,32,35)/t20-/m0/s1. The Kier molecular flexibility index (Phi) is 6.61. The van der Waals surface area contributed by atoms with Crippen LogP contribution in [0.3, 0.4) is 0 Å². The minimum atomic E-state index is -0.500. The number of hydrogen-bond donors (Lipinski definition) is 4. The number of aromatic amines is 1. The quantitative estimate of drug-likeness (QED) is 0.404. The Morgan fingerprint density at radius 3 is 2.84 bits per heavy atom. The van der Waals surface area contributed by atoms with Gasteiger partial charge in [0.2, 0.25) is 5.88 Å². The van der Waals surface area contributed by atoms with Crippen molar-refractivity contribution in [1.82, 2.24) is 14.9 Å². The van der Waals surface area contributed by atoms with E-state index in [4.69, 9.17) is 9.47 Å². The van der Waals surface area contributed by atoms with Crippen molar-refractivity contribution in [2.45, 2.75) is 13.0 Å². The number of piperazine rings is 1. The molecule has 1 amide bonds. The summed E-state index contributed by atoms with van der Waals surface area (Å²) < 4.78 is 11.3. The lowest BCUT2D eigenvalue weighted by Gasteiger charge is -2.44. The molecule has 0 unspecified atom stereocenters. The zero-order valence-electron chi connectivity index (χ0n) is 21.3. The molecular formula is C27H31N7O4. The molecule has 0 spiro atoms. The summed E-state index contributed by atoms with van der Waals surface area (Å²) in [5.41, 5.74) is 3.97. The van der Waals surface area contributed by atoms with Crippen molar-refractivity contribution in [2.75, 3.05) is 73.4 Å². The zero-order chi connectivity index (χ0) is 26.1. The van der Waals surface area contributed by atoms with E-state index in [0.717, 1.165) is 56.3 Å². The molecular weight excluding hydrogens is 486 g/mol. The SMILES string of the molecule is Cc1c(Nc2cc[nH]c(=O)c2C(=O)Nc2ccc(N3CCN4CCOC[C@@H]4C3)cc2)cnc2c1NCCO2. The maximum Gasteiger partial charge on any atom is 0.263 e. The van der Waals surface area contributed by atoms with Crippen molar-refractivity contribution in [3.05, 3.63) is 64.2 Å². The van der Waals surface area contributed by atoms with Crippen LogP contribution in [0, 0.1) is 6.92 Å². The predicted molar refractivity (Wildman–Crippen MR) is 146 cm³/mol. The summed E-state index contributed by atoms with van der Waals surface area (Å²) in [6.45, 7) is 8.61. The fourth-order valence-electron chi connectivity index (χ4n) is 5.23. The highest BCUT2D eigenvalue weighted by Crippen LogP contribution is 2.34. The van der Waals surface area contributed by atoms with E-state index in [1.54, 1.807) is 12.3 Å². The fourth-order valence-corrected chi connectivity index (χ4v) is 5.23. The molecule has 0 aliphatic carbocycles. The molecule has 1 aromatic carbocycles. The number of pyridine rings is 2. The van der Waals surface area contributed by atoms with Crippen molar-refractivity contribution in [3.63, 3.8) is 0 Å². The van der Waals surface area contributed by atoms with Crippen molar-refractivity contribution < 1.29 is 14.3 Å². The Morgan fingerprint density at radius 2 is 1.97 bits per heavy atom. The summed E-state index contributed by atoms with van der Waals surface area (Å²) in [6, 6.07) is 9.80. The first kappa shape index (κ1) is 24.3. The van der Waals surface area contributed by atoms with E-state index >= 15 is 0 Å². The van der Waals surface area contributed by atoms with E-state index in [0.29, 0.717) is 42.1 Å². The van der Waals surface area contributed by atoms with Gasteiger partial charge in [0, 0.05) is 55.9 Å². The molecule has 6 rings (SSSR count). The van der Waals surface area contributed by atoms with E-state index in [9.17, 15) is 9.59 Å². The van der Waals surface area contributed by atoms with Crippen LogP contribution in [-0.2, 0) is 4.74 Å². The second-order valence-corrected chi connectivity index (χ2v) is 9.68. The van der Waals surface area contributed by atoms with Gasteiger partial charge in [0.25, 0.3) is 11.5 Å². The molecule has 11 nitrogen and oxygen atoms in total. The number of morpholine rings is 1. The van der Waals surface area contributed by atoms with Gasteiger partial charge in [-0.3, -0.25) is 14.5 Å². The smallest absolute Gasteiger partial charge is 0.263 e. The number of carbonyl (C=O) groups excluding carboxylic acids is 1. The van der Waals surface area contributed by atoms with Crippen LogP contribution < -0.4 is 31.1 Å². The highest BCUT2D eigenvalue weighted by atomic mass is 16.5. The fraction of sp³-hybridized carbons (Fsp3) is 0.370. The minimum Gasteiger partial charge on any atom is -0.474 e. The average molecular weight is 518 g/mol. The van der Waals surface area contributed by atoms with Gasteiger partial charge in [-0.15, -0.1) is 0 Å². The first-order chi connectivity index (χ1) is 18.6. The lowest BCUT2D eigenvalue weighted by Crippen LogP contribution is -2.58. The van der Waals surface area contributed by atoms with Crippen molar-refractivity contribution in [2.24, 2.45) is 0 Å². The molecule has 2 aromatic heterocycles. The van der Waals surface area contributed by atoms with Crippen LogP contribution in [0.5, 0.6) is 5.88 Å². The van der Waals surface area contributed by atoms with Crippen LogP contribution in [0.1, 0.15) is 15.9 Å². The molecule has 3 aliphatic heterocycles. The second-order valence-electron chi connectivity index (χ2n) is 9.68. The van der Waals surface area contributed by atoms with Crippen molar-refractivity contribution >= 4 is 34.3 Å². The highest BCUT2D eigenvalue weighted by molar-refractivity contribution is 6.08. The molecule has 198 valence electrons. The maximum absolute atomic E-state index is 13.3. The van der Waals surface area contributed by atoms with Crippen LogP contribution in [0.4, 0.5) is 28.4 Å². The summed E-state index contributed by atoms with van der Waals surface area (Å²) in [7, 11) is 0. The van der Waals surface area contributed by atoms with Gasteiger partial charge in [-0.1, -0.05) is 0 Å². The van der Waals surface area contributed by atoms with Gasteiger partial charge in [-0.2, -0.15) is 0 Å². The molecule has 3 aromatic rings. The van der Waals surface area contributed by atoms with Gasteiger partial charge >= 0.3 is 0 Å².